The number of rotatable bonds is 3. The van der Waals surface area contributed by atoms with Gasteiger partial charge in [-0.1, -0.05) is 30.3 Å². The van der Waals surface area contributed by atoms with Crippen molar-refractivity contribution in [2.75, 3.05) is 0 Å². The molecule has 0 bridgehead atoms. The fourth-order valence-electron chi connectivity index (χ4n) is 3.65. The van der Waals surface area contributed by atoms with Gasteiger partial charge in [0, 0.05) is 13.0 Å². The molecule has 1 aliphatic rings. The van der Waals surface area contributed by atoms with E-state index in [2.05, 4.69) is 0 Å². The van der Waals surface area contributed by atoms with Gasteiger partial charge in [0.2, 0.25) is 10.0 Å². The summed E-state index contributed by atoms with van der Waals surface area (Å²) in [5.74, 6) is -1.12. The van der Waals surface area contributed by atoms with Crippen LogP contribution in [-0.2, 0) is 27.8 Å². The number of hydrogen-bond donors (Lipinski definition) is 1. The quantitative estimate of drug-likeness (QED) is 0.897. The van der Waals surface area contributed by atoms with Crippen molar-refractivity contribution in [1.29, 1.82) is 0 Å². The zero-order valence-corrected chi connectivity index (χ0v) is 16.2. The van der Waals surface area contributed by atoms with Gasteiger partial charge >= 0.3 is 5.97 Å². The Labute approximate surface area is 154 Å². The molecule has 0 unspecified atom stereocenters. The Bertz CT molecular complexity index is 969. The second-order valence-electron chi connectivity index (χ2n) is 6.97. The van der Waals surface area contributed by atoms with Crippen LogP contribution in [0.15, 0.2) is 35.2 Å². The Kier molecular flexibility index (Phi) is 4.67. The predicted octanol–water partition coefficient (Wildman–Crippen LogP) is 3.12. The molecule has 0 amide bonds. The van der Waals surface area contributed by atoms with Crippen molar-refractivity contribution >= 4 is 16.0 Å². The molecule has 0 fully saturated rings. The fraction of sp³-hybridized carbons (Fsp3) is 0.350. The number of aryl methyl sites for hydroxylation is 2. The third kappa shape index (κ3) is 2.93. The number of carboxylic acid groups (broad SMARTS) is 1. The number of aliphatic carboxylic acids is 1. The number of carbonyl (C=O) groups is 1. The van der Waals surface area contributed by atoms with Crippen LogP contribution in [0.5, 0.6) is 0 Å². The van der Waals surface area contributed by atoms with Crippen molar-refractivity contribution in [3.05, 3.63) is 63.7 Å². The summed E-state index contributed by atoms with van der Waals surface area (Å²) in [7, 11) is -3.95. The molecular weight excluding hydrogens is 350 g/mol. The zero-order chi connectivity index (χ0) is 19.2. The molecule has 2 aromatic rings. The van der Waals surface area contributed by atoms with Crippen molar-refractivity contribution in [1.82, 2.24) is 4.31 Å². The maximum Gasteiger partial charge on any atom is 0.322 e. The van der Waals surface area contributed by atoms with Gasteiger partial charge in [-0.05, 0) is 61.1 Å². The Balaban J connectivity index is 2.19. The first-order valence-corrected chi connectivity index (χ1v) is 9.97. The van der Waals surface area contributed by atoms with Crippen molar-refractivity contribution in [2.45, 2.75) is 51.6 Å². The van der Waals surface area contributed by atoms with E-state index in [0.29, 0.717) is 11.1 Å². The predicted molar refractivity (Wildman–Crippen MR) is 99.7 cm³/mol. The van der Waals surface area contributed by atoms with Crippen LogP contribution in [0.1, 0.15) is 33.4 Å². The first kappa shape index (κ1) is 18.6. The van der Waals surface area contributed by atoms with Crippen LogP contribution >= 0.6 is 0 Å². The average Bonchev–Trinajstić information content (AvgIpc) is 2.58. The molecule has 0 aromatic heterocycles. The molecule has 0 aliphatic carbocycles. The lowest BCUT2D eigenvalue weighted by atomic mass is 9.96. The Hall–Kier alpha value is -2.18. The van der Waals surface area contributed by atoms with Gasteiger partial charge in [0.25, 0.3) is 0 Å². The standard InChI is InChI=1S/C20H23NO4S/c1-12-9-13(2)15(4)19(14(12)3)26(24,25)21-11-17-8-6-5-7-16(17)10-18(21)20(22)23/h5-9,18H,10-11H2,1-4H3,(H,22,23)/t18-/m0/s1. The molecule has 1 atom stereocenters. The molecule has 0 saturated carbocycles. The number of sulfonamides is 1. The summed E-state index contributed by atoms with van der Waals surface area (Å²) in [4.78, 5) is 12.1. The molecular formula is C20H23NO4S. The largest absolute Gasteiger partial charge is 0.480 e. The van der Waals surface area contributed by atoms with E-state index in [1.165, 1.54) is 0 Å². The van der Waals surface area contributed by atoms with E-state index in [-0.39, 0.29) is 17.9 Å². The topological polar surface area (TPSA) is 74.7 Å². The molecule has 0 saturated heterocycles. The number of carboxylic acids is 1. The Morgan fingerprint density at radius 2 is 1.58 bits per heavy atom. The molecule has 6 heteroatoms. The third-order valence-electron chi connectivity index (χ3n) is 5.35. The van der Waals surface area contributed by atoms with Gasteiger partial charge in [-0.3, -0.25) is 4.79 Å². The lowest BCUT2D eigenvalue weighted by Crippen LogP contribution is -2.48. The summed E-state index contributed by atoms with van der Waals surface area (Å²) in [6, 6.07) is 8.27. The second-order valence-corrected chi connectivity index (χ2v) is 8.79. The molecule has 0 radical (unpaired) electrons. The Morgan fingerprint density at radius 3 is 2.12 bits per heavy atom. The van der Waals surface area contributed by atoms with Gasteiger partial charge in [0.15, 0.2) is 0 Å². The molecule has 1 heterocycles. The highest BCUT2D eigenvalue weighted by Crippen LogP contribution is 2.34. The molecule has 26 heavy (non-hydrogen) atoms. The normalized spacial score (nSPS) is 17.8. The van der Waals surface area contributed by atoms with Gasteiger partial charge in [0.1, 0.15) is 6.04 Å². The summed E-state index contributed by atoms with van der Waals surface area (Å²) >= 11 is 0. The molecule has 1 aliphatic heterocycles. The van der Waals surface area contributed by atoms with Gasteiger partial charge in [-0.25, -0.2) is 8.42 Å². The molecule has 0 spiro atoms. The molecule has 2 aromatic carbocycles. The minimum atomic E-state index is -3.95. The van der Waals surface area contributed by atoms with Crippen molar-refractivity contribution < 1.29 is 18.3 Å². The minimum Gasteiger partial charge on any atom is -0.480 e. The van der Waals surface area contributed by atoms with E-state index in [1.54, 1.807) is 13.8 Å². The van der Waals surface area contributed by atoms with Gasteiger partial charge in [0.05, 0.1) is 4.90 Å². The van der Waals surface area contributed by atoms with Crippen LogP contribution in [0.2, 0.25) is 0 Å². The molecule has 138 valence electrons. The molecule has 5 nitrogen and oxygen atoms in total. The summed E-state index contributed by atoms with van der Waals surface area (Å²) in [5.41, 5.74) is 4.87. The maximum atomic E-state index is 13.5. The van der Waals surface area contributed by atoms with Crippen molar-refractivity contribution in [3.8, 4) is 0 Å². The minimum absolute atomic E-state index is 0.0708. The lowest BCUT2D eigenvalue weighted by Gasteiger charge is -2.34. The number of hydrogen-bond acceptors (Lipinski definition) is 3. The van der Waals surface area contributed by atoms with Crippen molar-refractivity contribution in [2.24, 2.45) is 0 Å². The monoisotopic (exact) mass is 373 g/mol. The van der Waals surface area contributed by atoms with E-state index >= 15 is 0 Å². The van der Waals surface area contributed by atoms with Gasteiger partial charge in [-0.2, -0.15) is 4.31 Å². The third-order valence-corrected chi connectivity index (χ3v) is 7.48. The van der Waals surface area contributed by atoms with E-state index in [1.807, 2.05) is 44.2 Å². The SMILES string of the molecule is Cc1cc(C)c(C)c(S(=O)(=O)N2Cc3ccccc3C[C@H]2C(=O)O)c1C. The van der Waals surface area contributed by atoms with E-state index in [9.17, 15) is 18.3 Å². The average molecular weight is 373 g/mol. The van der Waals surface area contributed by atoms with E-state index in [4.69, 9.17) is 0 Å². The first-order valence-electron chi connectivity index (χ1n) is 8.53. The Morgan fingerprint density at radius 1 is 1.04 bits per heavy atom. The summed E-state index contributed by atoms with van der Waals surface area (Å²) in [6.07, 6.45) is 0.174. The number of fused-ring (bicyclic) bond motifs is 1. The maximum absolute atomic E-state index is 13.5. The highest BCUT2D eigenvalue weighted by Gasteiger charge is 2.41. The van der Waals surface area contributed by atoms with E-state index in [0.717, 1.165) is 26.6 Å². The molecule has 3 rings (SSSR count). The lowest BCUT2D eigenvalue weighted by molar-refractivity contribution is -0.141. The van der Waals surface area contributed by atoms with Crippen LogP contribution < -0.4 is 0 Å². The van der Waals surface area contributed by atoms with Gasteiger partial charge in [-0.15, -0.1) is 0 Å². The summed E-state index contributed by atoms with van der Waals surface area (Å²) in [6.45, 7) is 7.38. The zero-order valence-electron chi connectivity index (χ0n) is 15.4. The number of nitrogens with zero attached hydrogens (tertiary/aromatic N) is 1. The van der Waals surface area contributed by atoms with Crippen LogP contribution in [0.3, 0.4) is 0 Å². The van der Waals surface area contributed by atoms with Gasteiger partial charge < -0.3 is 5.11 Å². The highest BCUT2D eigenvalue weighted by molar-refractivity contribution is 7.89. The van der Waals surface area contributed by atoms with E-state index < -0.39 is 22.0 Å². The highest BCUT2D eigenvalue weighted by atomic mass is 32.2. The van der Waals surface area contributed by atoms with Crippen LogP contribution in [-0.4, -0.2) is 29.8 Å². The van der Waals surface area contributed by atoms with Crippen LogP contribution in [0.25, 0.3) is 0 Å². The summed E-state index contributed by atoms with van der Waals surface area (Å²) < 4.78 is 28.2. The first-order chi connectivity index (χ1) is 12.1. The van der Waals surface area contributed by atoms with Crippen molar-refractivity contribution in [3.63, 3.8) is 0 Å². The fourth-order valence-corrected chi connectivity index (χ4v) is 5.79. The molecule has 1 N–H and O–H groups in total. The van der Waals surface area contributed by atoms with Crippen LogP contribution in [0.4, 0.5) is 0 Å². The number of benzene rings is 2. The summed E-state index contributed by atoms with van der Waals surface area (Å²) in [5, 5.41) is 9.69. The second kappa shape index (κ2) is 6.52. The smallest absolute Gasteiger partial charge is 0.322 e. The van der Waals surface area contributed by atoms with Crippen LogP contribution in [0, 0.1) is 27.7 Å².